The molecule has 0 aromatic heterocycles. The minimum absolute atomic E-state index is 0.126. The molecule has 1 aromatic carbocycles. The summed E-state index contributed by atoms with van der Waals surface area (Å²) in [6.07, 6.45) is 5.31. The van der Waals surface area contributed by atoms with Gasteiger partial charge in [0.25, 0.3) is 5.91 Å². The summed E-state index contributed by atoms with van der Waals surface area (Å²) in [5, 5.41) is 1.23. The van der Waals surface area contributed by atoms with Crippen LogP contribution in [0, 0.1) is 5.41 Å². The fourth-order valence-corrected chi connectivity index (χ4v) is 2.17. The van der Waals surface area contributed by atoms with Gasteiger partial charge in [-0.05, 0) is 35.1 Å². The molecule has 0 unspecified atom stereocenters. The number of hydrogen-bond donors (Lipinski definition) is 0. The van der Waals surface area contributed by atoms with E-state index in [1.165, 1.54) is 17.7 Å². The van der Waals surface area contributed by atoms with E-state index in [2.05, 4.69) is 26.0 Å². The van der Waals surface area contributed by atoms with Crippen LogP contribution < -0.4 is 0 Å². The molecule has 1 aromatic rings. The highest BCUT2D eigenvalue weighted by atomic mass is 16.7. The quantitative estimate of drug-likeness (QED) is 0.750. The van der Waals surface area contributed by atoms with Gasteiger partial charge in [-0.15, -0.1) is 0 Å². The second-order valence-corrected chi connectivity index (χ2v) is 5.40. The Kier molecular flexibility index (Phi) is 3.26. The van der Waals surface area contributed by atoms with Crippen LogP contribution in [0.1, 0.15) is 35.3 Å². The first kappa shape index (κ1) is 12.8. The Labute approximate surface area is 108 Å². The summed E-state index contributed by atoms with van der Waals surface area (Å²) in [5.41, 5.74) is 3.27. The third kappa shape index (κ3) is 2.46. The van der Waals surface area contributed by atoms with Gasteiger partial charge in [-0.3, -0.25) is 9.63 Å². The Morgan fingerprint density at radius 2 is 2.11 bits per heavy atom. The average molecular weight is 245 g/mol. The van der Waals surface area contributed by atoms with Crippen LogP contribution in [0.25, 0.3) is 6.08 Å². The lowest BCUT2D eigenvalue weighted by molar-refractivity contribution is -0.0757. The lowest BCUT2D eigenvalue weighted by Gasteiger charge is -2.26. The zero-order valence-corrected chi connectivity index (χ0v) is 11.4. The van der Waals surface area contributed by atoms with Crippen LogP contribution in [-0.2, 0) is 11.3 Å². The number of carbonyl (C=O) groups excluding carboxylic acids is 1. The molecule has 0 spiro atoms. The standard InChI is InChI=1S/C15H19NO2/c1-15(2)8-7-11-9-12(5-6-13(11)10-15)14(17)16(3)18-4/h5-9H,10H2,1-4H3. The van der Waals surface area contributed by atoms with Crippen LogP contribution >= 0.6 is 0 Å². The molecule has 1 amide bonds. The molecule has 0 saturated heterocycles. The summed E-state index contributed by atoms with van der Waals surface area (Å²) in [5.74, 6) is -0.126. The topological polar surface area (TPSA) is 29.5 Å². The highest BCUT2D eigenvalue weighted by molar-refractivity contribution is 5.94. The predicted molar refractivity (Wildman–Crippen MR) is 72.1 cm³/mol. The van der Waals surface area contributed by atoms with E-state index in [4.69, 9.17) is 4.84 Å². The molecule has 18 heavy (non-hydrogen) atoms. The van der Waals surface area contributed by atoms with Crippen LogP contribution in [0.4, 0.5) is 0 Å². The van der Waals surface area contributed by atoms with Crippen molar-refractivity contribution >= 4 is 12.0 Å². The molecule has 3 heteroatoms. The van der Waals surface area contributed by atoms with Crippen molar-refractivity contribution in [3.63, 3.8) is 0 Å². The van der Waals surface area contributed by atoms with Crippen molar-refractivity contribution in [2.45, 2.75) is 20.3 Å². The van der Waals surface area contributed by atoms with Crippen molar-refractivity contribution in [3.8, 4) is 0 Å². The molecule has 0 fully saturated rings. The Hall–Kier alpha value is -1.61. The zero-order chi connectivity index (χ0) is 13.3. The second kappa shape index (κ2) is 4.58. The van der Waals surface area contributed by atoms with Crippen LogP contribution in [-0.4, -0.2) is 25.1 Å². The van der Waals surface area contributed by atoms with Gasteiger partial charge in [0.1, 0.15) is 0 Å². The van der Waals surface area contributed by atoms with Gasteiger partial charge in [-0.1, -0.05) is 32.1 Å². The molecule has 0 radical (unpaired) electrons. The molecule has 0 aliphatic heterocycles. The predicted octanol–water partition coefficient (Wildman–Crippen LogP) is 2.92. The summed E-state index contributed by atoms with van der Waals surface area (Å²) in [7, 11) is 3.10. The highest BCUT2D eigenvalue weighted by Crippen LogP contribution is 2.32. The van der Waals surface area contributed by atoms with Gasteiger partial charge in [0.15, 0.2) is 0 Å². The van der Waals surface area contributed by atoms with Gasteiger partial charge < -0.3 is 0 Å². The minimum Gasteiger partial charge on any atom is -0.274 e. The van der Waals surface area contributed by atoms with Gasteiger partial charge in [0.05, 0.1) is 7.11 Å². The summed E-state index contributed by atoms with van der Waals surface area (Å²) >= 11 is 0. The Balaban J connectivity index is 2.32. The Bertz CT molecular complexity index is 503. The molecule has 3 nitrogen and oxygen atoms in total. The monoisotopic (exact) mass is 245 g/mol. The smallest absolute Gasteiger partial charge is 0.274 e. The van der Waals surface area contributed by atoms with Crippen LogP contribution in [0.15, 0.2) is 24.3 Å². The second-order valence-electron chi connectivity index (χ2n) is 5.40. The maximum atomic E-state index is 12.0. The van der Waals surface area contributed by atoms with Gasteiger partial charge >= 0.3 is 0 Å². The molecule has 0 bridgehead atoms. The molecule has 0 N–H and O–H groups in total. The SMILES string of the molecule is CON(C)C(=O)c1ccc2c(c1)C=CC(C)(C)C2. The fraction of sp³-hybridized carbons (Fsp3) is 0.400. The van der Waals surface area contributed by atoms with E-state index in [0.717, 1.165) is 12.0 Å². The normalized spacial score (nSPS) is 16.2. The number of benzene rings is 1. The van der Waals surface area contributed by atoms with Crippen molar-refractivity contribution in [1.82, 2.24) is 5.06 Å². The van der Waals surface area contributed by atoms with E-state index in [-0.39, 0.29) is 11.3 Å². The van der Waals surface area contributed by atoms with Gasteiger partial charge in [-0.25, -0.2) is 5.06 Å². The summed E-state index contributed by atoms with van der Waals surface area (Å²) < 4.78 is 0. The molecule has 1 aliphatic rings. The maximum Gasteiger partial charge on any atom is 0.277 e. The van der Waals surface area contributed by atoms with Crippen molar-refractivity contribution in [2.75, 3.05) is 14.2 Å². The zero-order valence-electron chi connectivity index (χ0n) is 11.4. The average Bonchev–Trinajstić information content (AvgIpc) is 2.35. The van der Waals surface area contributed by atoms with Gasteiger partial charge in [0, 0.05) is 12.6 Å². The third-order valence-corrected chi connectivity index (χ3v) is 3.31. The molecule has 2 rings (SSSR count). The summed E-state index contributed by atoms with van der Waals surface area (Å²) in [6.45, 7) is 4.43. The number of rotatable bonds is 2. The molecule has 0 heterocycles. The number of allylic oxidation sites excluding steroid dienone is 1. The number of nitrogens with zero attached hydrogens (tertiary/aromatic N) is 1. The Morgan fingerprint density at radius 1 is 1.39 bits per heavy atom. The van der Waals surface area contributed by atoms with E-state index in [1.54, 1.807) is 7.05 Å². The summed E-state index contributed by atoms with van der Waals surface area (Å²) in [4.78, 5) is 16.9. The van der Waals surface area contributed by atoms with E-state index in [0.29, 0.717) is 5.56 Å². The number of hydroxylamine groups is 2. The highest BCUT2D eigenvalue weighted by Gasteiger charge is 2.21. The van der Waals surface area contributed by atoms with E-state index in [9.17, 15) is 4.79 Å². The molecule has 0 atom stereocenters. The summed E-state index contributed by atoms with van der Waals surface area (Å²) in [6, 6.07) is 5.84. The van der Waals surface area contributed by atoms with E-state index < -0.39 is 0 Å². The van der Waals surface area contributed by atoms with Crippen molar-refractivity contribution < 1.29 is 9.63 Å². The number of fused-ring (bicyclic) bond motifs is 1. The van der Waals surface area contributed by atoms with E-state index in [1.807, 2.05) is 18.2 Å². The maximum absolute atomic E-state index is 12.0. The first-order valence-corrected chi connectivity index (χ1v) is 6.07. The molecular weight excluding hydrogens is 226 g/mol. The van der Waals surface area contributed by atoms with Crippen LogP contribution in [0.2, 0.25) is 0 Å². The van der Waals surface area contributed by atoms with Crippen molar-refractivity contribution in [1.29, 1.82) is 0 Å². The molecular formula is C15H19NO2. The third-order valence-electron chi connectivity index (χ3n) is 3.31. The van der Waals surface area contributed by atoms with Crippen molar-refractivity contribution in [3.05, 3.63) is 41.0 Å². The van der Waals surface area contributed by atoms with Gasteiger partial charge in [0.2, 0.25) is 0 Å². The molecule has 96 valence electrons. The van der Waals surface area contributed by atoms with Crippen LogP contribution in [0.5, 0.6) is 0 Å². The fourth-order valence-electron chi connectivity index (χ4n) is 2.17. The van der Waals surface area contributed by atoms with Gasteiger partial charge in [-0.2, -0.15) is 0 Å². The largest absolute Gasteiger partial charge is 0.277 e. The molecule has 1 aliphatic carbocycles. The Morgan fingerprint density at radius 3 is 2.78 bits per heavy atom. The number of hydrogen-bond acceptors (Lipinski definition) is 2. The lowest BCUT2D eigenvalue weighted by Crippen LogP contribution is -2.25. The van der Waals surface area contributed by atoms with Crippen molar-refractivity contribution in [2.24, 2.45) is 5.41 Å². The van der Waals surface area contributed by atoms with E-state index >= 15 is 0 Å². The molecule has 0 saturated carbocycles. The number of amides is 1. The van der Waals surface area contributed by atoms with Crippen LogP contribution in [0.3, 0.4) is 0 Å². The number of carbonyl (C=O) groups is 1. The first-order valence-electron chi connectivity index (χ1n) is 6.07. The lowest BCUT2D eigenvalue weighted by atomic mass is 9.79. The first-order chi connectivity index (χ1) is 8.43. The minimum atomic E-state index is -0.126.